The Labute approximate surface area is 162 Å². The number of amides is 1. The largest absolute Gasteiger partial charge is 0.493 e. The summed E-state index contributed by atoms with van der Waals surface area (Å²) in [7, 11) is -0.477. The predicted octanol–water partition coefficient (Wildman–Crippen LogP) is 3.51. The Bertz CT molecular complexity index is 1030. The topological polar surface area (TPSA) is 133 Å². The number of benzene rings is 2. The normalized spacial score (nSPS) is 11.8. The number of fused-ring (bicyclic) bond motifs is 1. The number of carbonyl (C=O) groups is 1. The molecule has 0 aliphatic carbocycles. The van der Waals surface area contributed by atoms with E-state index in [1.165, 1.54) is 44.7 Å². The van der Waals surface area contributed by atoms with E-state index in [0.717, 1.165) is 0 Å². The summed E-state index contributed by atoms with van der Waals surface area (Å²) < 4.78 is 34.2. The molecule has 10 heteroatoms. The number of anilines is 1. The van der Waals surface area contributed by atoms with Crippen molar-refractivity contribution in [1.82, 2.24) is 10.5 Å². The molecule has 1 aromatic heterocycles. The maximum Gasteiger partial charge on any atom is 0.274 e. The lowest BCUT2D eigenvalue weighted by molar-refractivity contribution is 0.0706. The number of ether oxygens (including phenoxy) is 2. The molecule has 3 rings (SSSR count). The van der Waals surface area contributed by atoms with Gasteiger partial charge >= 0.3 is 0 Å². The van der Waals surface area contributed by atoms with Gasteiger partial charge in [-0.3, -0.25) is 28.8 Å². The summed E-state index contributed by atoms with van der Waals surface area (Å²) in [6.07, 6.45) is 1.45. The summed E-state index contributed by atoms with van der Waals surface area (Å²) in [4.78, 5) is 16.0. The lowest BCUT2D eigenvalue weighted by Crippen LogP contribution is -2.18. The molecule has 0 aliphatic heterocycles. The highest BCUT2D eigenvalue weighted by atomic mass is 32.3. The third kappa shape index (κ3) is 3.94. The van der Waals surface area contributed by atoms with E-state index >= 15 is 0 Å². The molecule has 0 saturated carbocycles. The van der Waals surface area contributed by atoms with Gasteiger partial charge in [0.25, 0.3) is 5.91 Å². The zero-order valence-electron chi connectivity index (χ0n) is 15.0. The number of carbonyl (C=O) groups excluding carboxylic acids is 1. The van der Waals surface area contributed by atoms with Crippen molar-refractivity contribution in [3.05, 3.63) is 54.2 Å². The fraction of sp³-hybridized carbons (Fsp3) is 0.111. The van der Waals surface area contributed by atoms with Gasteiger partial charge in [0, 0.05) is 17.0 Å². The SMILES string of the molecule is COc1ccc(S(O)(O)Nc2cnc3ccc(C(=O)NO)cc3c2)cc1OC. The summed E-state index contributed by atoms with van der Waals surface area (Å²) in [5, 5.41) is 9.34. The Balaban J connectivity index is 1.93. The highest BCUT2D eigenvalue weighted by Gasteiger charge is 2.19. The van der Waals surface area contributed by atoms with Gasteiger partial charge in [-0.1, -0.05) is 10.8 Å². The molecule has 0 fully saturated rings. The molecule has 0 saturated heterocycles. The van der Waals surface area contributed by atoms with Crippen LogP contribution in [0.3, 0.4) is 0 Å². The van der Waals surface area contributed by atoms with Crippen LogP contribution in [-0.2, 0) is 0 Å². The number of hydroxylamine groups is 1. The van der Waals surface area contributed by atoms with Crippen LogP contribution < -0.4 is 19.7 Å². The lowest BCUT2D eigenvalue weighted by Gasteiger charge is -2.34. The zero-order valence-corrected chi connectivity index (χ0v) is 15.9. The van der Waals surface area contributed by atoms with E-state index in [2.05, 4.69) is 9.71 Å². The summed E-state index contributed by atoms with van der Waals surface area (Å²) in [6.45, 7) is 0. The summed E-state index contributed by atoms with van der Waals surface area (Å²) in [6, 6.07) is 10.8. The van der Waals surface area contributed by atoms with Crippen LogP contribution in [0.1, 0.15) is 10.4 Å². The van der Waals surface area contributed by atoms with Crippen molar-refractivity contribution in [2.24, 2.45) is 0 Å². The van der Waals surface area contributed by atoms with E-state index in [9.17, 15) is 13.9 Å². The third-order valence-electron chi connectivity index (χ3n) is 3.99. The predicted molar refractivity (Wildman–Crippen MR) is 105 cm³/mol. The van der Waals surface area contributed by atoms with Crippen molar-refractivity contribution >= 4 is 33.3 Å². The average molecular weight is 405 g/mol. The zero-order chi connectivity index (χ0) is 20.3. The van der Waals surface area contributed by atoms with Crippen LogP contribution in [0.15, 0.2) is 53.6 Å². The van der Waals surface area contributed by atoms with E-state index < -0.39 is 16.7 Å². The van der Waals surface area contributed by atoms with E-state index in [4.69, 9.17) is 14.7 Å². The first kappa shape index (κ1) is 19.7. The second kappa shape index (κ2) is 7.90. The van der Waals surface area contributed by atoms with Gasteiger partial charge < -0.3 is 9.47 Å². The summed E-state index contributed by atoms with van der Waals surface area (Å²) in [5.74, 6) is 0.163. The first-order valence-corrected chi connectivity index (χ1v) is 9.55. The molecule has 0 spiro atoms. The highest BCUT2D eigenvalue weighted by Crippen LogP contribution is 2.50. The fourth-order valence-corrected chi connectivity index (χ4v) is 3.70. The standard InChI is InChI=1S/C18H19N3O6S/c1-26-16-6-4-14(9-17(16)27-2)28(24,25)21-13-8-12-7-11(18(22)20-23)3-5-15(12)19-10-13/h3-10,21,23-25H,1-2H3,(H,20,22). The molecular weight excluding hydrogens is 386 g/mol. The average Bonchev–Trinajstić information content (AvgIpc) is 2.71. The summed E-state index contributed by atoms with van der Waals surface area (Å²) in [5.41, 5.74) is 2.74. The fourth-order valence-electron chi connectivity index (χ4n) is 2.61. The molecule has 3 aromatic rings. The van der Waals surface area contributed by atoms with Crippen molar-refractivity contribution in [2.45, 2.75) is 4.90 Å². The van der Waals surface area contributed by atoms with E-state index in [1.807, 2.05) is 0 Å². The van der Waals surface area contributed by atoms with E-state index in [1.54, 1.807) is 23.7 Å². The minimum absolute atomic E-state index is 0.207. The quantitative estimate of drug-likeness (QED) is 0.311. The van der Waals surface area contributed by atoms with Gasteiger partial charge in [-0.05, 0) is 36.4 Å². The molecule has 0 unspecified atom stereocenters. The Hall–Kier alpha value is -3.05. The second-order valence-corrected chi connectivity index (χ2v) is 7.51. The molecule has 0 aliphatic rings. The minimum Gasteiger partial charge on any atom is -0.493 e. The Kier molecular flexibility index (Phi) is 5.56. The number of rotatable bonds is 6. The molecule has 2 aromatic carbocycles. The first-order chi connectivity index (χ1) is 13.4. The Morgan fingerprint density at radius 1 is 1.04 bits per heavy atom. The highest BCUT2D eigenvalue weighted by molar-refractivity contribution is 8.25. The number of methoxy groups -OCH3 is 2. The van der Waals surface area contributed by atoms with Crippen LogP contribution in [0.25, 0.3) is 10.9 Å². The van der Waals surface area contributed by atoms with E-state index in [0.29, 0.717) is 28.1 Å². The number of hydrogen-bond acceptors (Lipinski definition) is 8. The smallest absolute Gasteiger partial charge is 0.274 e. The van der Waals surface area contributed by atoms with Gasteiger partial charge in [0.15, 0.2) is 11.5 Å². The van der Waals surface area contributed by atoms with Crippen LogP contribution in [0.4, 0.5) is 5.69 Å². The second-order valence-electron chi connectivity index (χ2n) is 5.74. The van der Waals surface area contributed by atoms with Gasteiger partial charge in [-0.15, -0.1) is 0 Å². The molecule has 1 amide bonds. The number of pyridine rings is 1. The molecule has 28 heavy (non-hydrogen) atoms. The minimum atomic E-state index is -3.42. The van der Waals surface area contributed by atoms with Gasteiger partial charge in [0.05, 0.1) is 36.5 Å². The molecule has 148 valence electrons. The number of nitrogens with zero attached hydrogens (tertiary/aromatic N) is 1. The van der Waals surface area contributed by atoms with Gasteiger partial charge in [-0.2, -0.15) is 0 Å². The van der Waals surface area contributed by atoms with Gasteiger partial charge in [0.2, 0.25) is 0 Å². The molecule has 0 radical (unpaired) electrons. The van der Waals surface area contributed by atoms with Crippen molar-refractivity contribution in [3.63, 3.8) is 0 Å². The third-order valence-corrected chi connectivity index (χ3v) is 5.42. The lowest BCUT2D eigenvalue weighted by atomic mass is 10.1. The maximum atomic E-state index is 11.6. The molecule has 0 bridgehead atoms. The van der Waals surface area contributed by atoms with E-state index in [-0.39, 0.29) is 10.5 Å². The van der Waals surface area contributed by atoms with Crippen molar-refractivity contribution in [3.8, 4) is 11.5 Å². The Morgan fingerprint density at radius 3 is 2.46 bits per heavy atom. The van der Waals surface area contributed by atoms with Crippen LogP contribution in [0.5, 0.6) is 11.5 Å². The van der Waals surface area contributed by atoms with Gasteiger partial charge in [-0.25, -0.2) is 5.48 Å². The monoisotopic (exact) mass is 405 g/mol. The van der Waals surface area contributed by atoms with Crippen molar-refractivity contribution < 1.29 is 28.6 Å². The number of aromatic nitrogens is 1. The van der Waals surface area contributed by atoms with Crippen molar-refractivity contribution in [2.75, 3.05) is 18.9 Å². The van der Waals surface area contributed by atoms with Crippen molar-refractivity contribution in [1.29, 1.82) is 0 Å². The molecule has 5 N–H and O–H groups in total. The van der Waals surface area contributed by atoms with Crippen LogP contribution in [0, 0.1) is 0 Å². The van der Waals surface area contributed by atoms with Crippen LogP contribution in [-0.4, -0.2) is 39.4 Å². The first-order valence-electron chi connectivity index (χ1n) is 8.00. The number of nitrogens with one attached hydrogen (secondary N) is 2. The maximum absolute atomic E-state index is 11.6. The summed E-state index contributed by atoms with van der Waals surface area (Å²) >= 11 is 0. The Morgan fingerprint density at radius 2 is 1.79 bits per heavy atom. The van der Waals surface area contributed by atoms with Crippen LogP contribution >= 0.6 is 10.8 Å². The van der Waals surface area contributed by atoms with Crippen LogP contribution in [0.2, 0.25) is 0 Å². The molecule has 0 atom stereocenters. The number of hydrogen-bond donors (Lipinski definition) is 5. The molecule has 1 heterocycles. The molecular formula is C18H19N3O6S. The van der Waals surface area contributed by atoms with Gasteiger partial charge in [0.1, 0.15) is 0 Å². The molecule has 9 nitrogen and oxygen atoms in total.